The molecule has 0 bridgehead atoms. The molecule has 81 heavy (non-hydrogen) atoms. The number of hydrogen-bond donors (Lipinski definition) is 2. The summed E-state index contributed by atoms with van der Waals surface area (Å²) >= 11 is 0. The number of nitrogens with one attached hydrogen (secondary N) is 1. The molecule has 0 aliphatic heterocycles. The zero-order chi connectivity index (χ0) is 59.3. The molecule has 9 nitrogen and oxygen atoms in total. The summed E-state index contributed by atoms with van der Waals surface area (Å²) < 4.78 is 30.7. The number of esters is 1. The summed E-state index contributed by atoms with van der Waals surface area (Å²) in [5, 5.41) is 3.02. The van der Waals surface area contributed by atoms with E-state index in [1.54, 1.807) is 0 Å². The maximum atomic E-state index is 13.5. The van der Waals surface area contributed by atoms with Crippen molar-refractivity contribution in [2.24, 2.45) is 0 Å². The Kier molecular flexibility index (Phi) is 56.9. The van der Waals surface area contributed by atoms with Crippen molar-refractivity contribution in [3.8, 4) is 0 Å². The Hall–Kier alpha value is -3.59. The van der Waals surface area contributed by atoms with Gasteiger partial charge in [0, 0.05) is 12.8 Å². The van der Waals surface area contributed by atoms with Crippen molar-refractivity contribution >= 4 is 19.7 Å². The standard InChI is InChI=1S/C71H123N2O7P/c1-7-10-13-16-19-22-25-28-30-32-33-34-35-36-37-38-39-41-43-46-49-52-55-58-61-64-71(75)80-69(62-59-56-53-50-47-44-27-24-21-18-15-12-9-3)68(67-79-81(76,77)78-66-65-73(4,5)6)72-70(74)63-60-57-54-51-48-45-42-40-31-29-26-23-20-17-14-11-8-2/h11,14,19-20,22-23,28-31,33-34,36-37,42,45,51,54,59,62,68-69H,7-10,12-13,15-18,21,24-27,32,35,38-41,43-44,46-50,52-53,55-58,60-61,63-67H2,1-6H3,(H-,72,74,76,77)/p+1/b14-11-,22-19-,23-20-,30-28-,31-29-,34-33-,37-36-,45-42-,54-51-,62-59-. The molecule has 0 aromatic rings. The molecule has 0 fully saturated rings. The molecule has 3 atom stereocenters. The molecular formula is C71H124N2O7P+. The van der Waals surface area contributed by atoms with E-state index in [-0.39, 0.29) is 37.9 Å². The number of amides is 1. The molecule has 0 aliphatic carbocycles. The van der Waals surface area contributed by atoms with E-state index in [4.69, 9.17) is 13.8 Å². The van der Waals surface area contributed by atoms with E-state index in [0.717, 1.165) is 109 Å². The lowest BCUT2D eigenvalue weighted by atomic mass is 10.0. The monoisotopic (exact) mass is 1150 g/mol. The van der Waals surface area contributed by atoms with Gasteiger partial charge in [0.2, 0.25) is 5.91 Å². The van der Waals surface area contributed by atoms with E-state index >= 15 is 0 Å². The summed E-state index contributed by atoms with van der Waals surface area (Å²) in [5.74, 6) is -0.585. The molecule has 0 aliphatic rings. The predicted molar refractivity (Wildman–Crippen MR) is 350 cm³/mol. The Bertz CT molecular complexity index is 1800. The Morgan fingerprint density at radius 2 is 0.802 bits per heavy atom. The second-order valence-electron chi connectivity index (χ2n) is 22.9. The lowest BCUT2D eigenvalue weighted by molar-refractivity contribution is -0.870. The van der Waals surface area contributed by atoms with Crippen LogP contribution in [0.3, 0.4) is 0 Å². The van der Waals surface area contributed by atoms with E-state index < -0.39 is 20.0 Å². The largest absolute Gasteiger partial charge is 0.472 e. The summed E-state index contributed by atoms with van der Waals surface area (Å²) in [4.78, 5) is 37.8. The molecule has 3 unspecified atom stereocenters. The Morgan fingerprint density at radius 1 is 0.444 bits per heavy atom. The van der Waals surface area contributed by atoms with Gasteiger partial charge in [-0.05, 0) is 115 Å². The molecule has 0 saturated heterocycles. The molecule has 0 aromatic carbocycles. The predicted octanol–water partition coefficient (Wildman–Crippen LogP) is 20.7. The van der Waals surface area contributed by atoms with Crippen LogP contribution in [0.2, 0.25) is 0 Å². The van der Waals surface area contributed by atoms with Gasteiger partial charge in [0.05, 0.1) is 33.8 Å². The zero-order valence-electron chi connectivity index (χ0n) is 53.0. The number of phosphoric acid groups is 1. The van der Waals surface area contributed by atoms with Crippen LogP contribution in [0.5, 0.6) is 0 Å². The molecule has 0 rings (SSSR count). The third-order valence-electron chi connectivity index (χ3n) is 13.9. The fourth-order valence-corrected chi connectivity index (χ4v) is 9.58. The minimum atomic E-state index is -4.48. The van der Waals surface area contributed by atoms with E-state index in [9.17, 15) is 19.0 Å². The summed E-state index contributed by atoms with van der Waals surface area (Å²) in [5.41, 5.74) is 0. The lowest BCUT2D eigenvalue weighted by Crippen LogP contribution is -2.47. The van der Waals surface area contributed by atoms with Crippen LogP contribution in [0.4, 0.5) is 0 Å². The van der Waals surface area contributed by atoms with E-state index in [2.05, 4.69) is 135 Å². The van der Waals surface area contributed by atoms with Gasteiger partial charge in [0.1, 0.15) is 19.3 Å². The van der Waals surface area contributed by atoms with E-state index in [1.807, 2.05) is 33.3 Å². The number of nitrogens with zero attached hydrogens (tertiary/aromatic N) is 1. The smallest absolute Gasteiger partial charge is 0.456 e. The maximum absolute atomic E-state index is 13.5. The topological polar surface area (TPSA) is 111 Å². The normalized spacial score (nSPS) is 14.4. The van der Waals surface area contributed by atoms with Crippen LogP contribution in [-0.2, 0) is 27.9 Å². The van der Waals surface area contributed by atoms with Gasteiger partial charge in [-0.2, -0.15) is 0 Å². The Balaban J connectivity index is 5.27. The van der Waals surface area contributed by atoms with Gasteiger partial charge < -0.3 is 19.4 Å². The lowest BCUT2D eigenvalue weighted by Gasteiger charge is -2.27. The summed E-state index contributed by atoms with van der Waals surface area (Å²) in [6.07, 6.45) is 83.5. The van der Waals surface area contributed by atoms with Crippen LogP contribution >= 0.6 is 7.82 Å². The summed E-state index contributed by atoms with van der Waals surface area (Å²) in [7, 11) is 1.44. The first kappa shape index (κ1) is 77.4. The Labute approximate surface area is 499 Å². The third kappa shape index (κ3) is 60.8. The van der Waals surface area contributed by atoms with Gasteiger partial charge in [-0.25, -0.2) is 4.57 Å². The number of hydrogen-bond acceptors (Lipinski definition) is 6. The number of allylic oxidation sites excluding steroid dienone is 19. The van der Waals surface area contributed by atoms with Crippen molar-refractivity contribution in [3.05, 3.63) is 122 Å². The van der Waals surface area contributed by atoms with Gasteiger partial charge in [-0.1, -0.05) is 258 Å². The number of rotatable bonds is 58. The highest BCUT2D eigenvalue weighted by Crippen LogP contribution is 2.43. The fourth-order valence-electron chi connectivity index (χ4n) is 8.84. The molecule has 0 radical (unpaired) electrons. The highest BCUT2D eigenvalue weighted by Gasteiger charge is 2.30. The van der Waals surface area contributed by atoms with Crippen LogP contribution in [0.15, 0.2) is 122 Å². The van der Waals surface area contributed by atoms with Crippen molar-refractivity contribution < 1.29 is 37.3 Å². The minimum Gasteiger partial charge on any atom is -0.456 e. The third-order valence-corrected chi connectivity index (χ3v) is 14.9. The summed E-state index contributed by atoms with van der Waals surface area (Å²) in [6.45, 7) is 6.82. The van der Waals surface area contributed by atoms with Crippen LogP contribution in [-0.4, -0.2) is 74.3 Å². The number of phosphoric ester groups is 1. The molecule has 1 amide bonds. The van der Waals surface area contributed by atoms with Crippen molar-refractivity contribution in [3.63, 3.8) is 0 Å². The van der Waals surface area contributed by atoms with Crippen LogP contribution in [0.1, 0.15) is 265 Å². The SMILES string of the molecule is CC/C=C\C/C=C\C/C=C\C/C=C\C/C=C\CCCC(=O)NC(COP(=O)(O)OCC[N+](C)(C)C)C(/C=C\CCCCCCCCCCCCC)OC(=O)CCCCCCCCCCC/C=C\C/C=C\C/C=C\C/C=C\CCCCC. The number of carbonyl (C=O) groups is 2. The Morgan fingerprint density at radius 3 is 1.23 bits per heavy atom. The molecule has 2 N–H and O–H groups in total. The first-order valence-electron chi connectivity index (χ1n) is 32.9. The number of likely N-dealkylation sites (N-methyl/N-ethyl adjacent to an activating group) is 1. The highest BCUT2D eigenvalue weighted by molar-refractivity contribution is 7.47. The first-order chi connectivity index (χ1) is 39.4. The molecular weight excluding hydrogens is 1020 g/mol. The van der Waals surface area contributed by atoms with Gasteiger partial charge in [0.25, 0.3) is 0 Å². The molecule has 0 heterocycles. The molecule has 0 aromatic heterocycles. The van der Waals surface area contributed by atoms with Crippen molar-refractivity contribution in [1.29, 1.82) is 0 Å². The molecule has 0 saturated carbocycles. The van der Waals surface area contributed by atoms with Gasteiger partial charge in [-0.15, -0.1) is 0 Å². The van der Waals surface area contributed by atoms with Crippen molar-refractivity contribution in [2.75, 3.05) is 40.9 Å². The van der Waals surface area contributed by atoms with Gasteiger partial charge >= 0.3 is 13.8 Å². The minimum absolute atomic E-state index is 0.0225. The fraction of sp³-hybridized carbons (Fsp3) is 0.690. The van der Waals surface area contributed by atoms with E-state index in [1.165, 1.54) is 116 Å². The second kappa shape index (κ2) is 59.6. The summed E-state index contributed by atoms with van der Waals surface area (Å²) in [6, 6.07) is -0.889. The molecule has 0 spiro atoms. The second-order valence-corrected chi connectivity index (χ2v) is 24.4. The molecule has 464 valence electrons. The van der Waals surface area contributed by atoms with E-state index in [0.29, 0.717) is 17.4 Å². The van der Waals surface area contributed by atoms with Crippen molar-refractivity contribution in [1.82, 2.24) is 5.32 Å². The zero-order valence-corrected chi connectivity index (χ0v) is 53.9. The number of unbranched alkanes of at least 4 members (excludes halogenated alkanes) is 24. The van der Waals surface area contributed by atoms with Crippen molar-refractivity contribution in [2.45, 2.75) is 277 Å². The van der Waals surface area contributed by atoms with Gasteiger partial charge in [-0.3, -0.25) is 18.6 Å². The number of ether oxygens (including phenoxy) is 1. The number of quaternary nitrogens is 1. The van der Waals surface area contributed by atoms with Gasteiger partial charge in [0.15, 0.2) is 0 Å². The quantitative estimate of drug-likeness (QED) is 0.0205. The molecule has 10 heteroatoms. The average molecular weight is 1150 g/mol. The van der Waals surface area contributed by atoms with Crippen LogP contribution in [0, 0.1) is 0 Å². The highest BCUT2D eigenvalue weighted by atomic mass is 31.2. The van der Waals surface area contributed by atoms with Crippen LogP contribution < -0.4 is 5.32 Å². The first-order valence-corrected chi connectivity index (χ1v) is 34.4. The maximum Gasteiger partial charge on any atom is 0.472 e. The van der Waals surface area contributed by atoms with Crippen LogP contribution in [0.25, 0.3) is 0 Å². The number of carbonyl (C=O) groups excluding carboxylic acids is 2. The average Bonchev–Trinajstić information content (AvgIpc) is 3.44.